The van der Waals surface area contributed by atoms with Gasteiger partial charge in [-0.05, 0) is 36.9 Å². The van der Waals surface area contributed by atoms with Gasteiger partial charge in [0.05, 0.1) is 17.8 Å². The third kappa shape index (κ3) is 4.60. The Balaban J connectivity index is 3.07. The van der Waals surface area contributed by atoms with Crippen LogP contribution in [0.4, 0.5) is 5.69 Å². The minimum Gasteiger partial charge on any atom is -0.306 e. The van der Waals surface area contributed by atoms with Gasteiger partial charge < -0.3 is 4.52 Å². The highest BCUT2D eigenvalue weighted by molar-refractivity contribution is 8.57. The van der Waals surface area contributed by atoms with Crippen molar-refractivity contribution in [3.63, 3.8) is 0 Å². The molecule has 0 aliphatic heterocycles. The molecule has 0 bridgehead atoms. The monoisotopic (exact) mass is 317 g/mol. The van der Waals surface area contributed by atoms with Gasteiger partial charge in [0.2, 0.25) is 0 Å². The van der Waals surface area contributed by atoms with Gasteiger partial charge in [0.15, 0.2) is 0 Å². The SMILES string of the molecule is CCOP(=O)(SC(C)CC)N(C=S)c1ccccc1. The summed E-state index contributed by atoms with van der Waals surface area (Å²) in [5.74, 6) is 0. The average Bonchev–Trinajstić information content (AvgIpc) is 2.40. The predicted octanol–water partition coefficient (Wildman–Crippen LogP) is 5.13. The van der Waals surface area contributed by atoms with Crippen LogP contribution in [0.1, 0.15) is 27.2 Å². The van der Waals surface area contributed by atoms with Crippen LogP contribution in [0.5, 0.6) is 0 Å². The van der Waals surface area contributed by atoms with Crippen molar-refractivity contribution in [2.24, 2.45) is 0 Å². The lowest BCUT2D eigenvalue weighted by atomic mass is 10.3. The number of benzene rings is 1. The maximum Gasteiger partial charge on any atom is 0.358 e. The van der Waals surface area contributed by atoms with Crippen molar-refractivity contribution in [2.45, 2.75) is 32.4 Å². The lowest BCUT2D eigenvalue weighted by molar-refractivity contribution is 0.346. The van der Waals surface area contributed by atoms with E-state index in [1.54, 1.807) is 4.67 Å². The normalized spacial score (nSPS) is 15.5. The Labute approximate surface area is 125 Å². The van der Waals surface area contributed by atoms with Gasteiger partial charge in [-0.25, -0.2) is 0 Å². The smallest absolute Gasteiger partial charge is 0.306 e. The molecule has 0 amide bonds. The number of thiocarbonyl (C=S) groups is 1. The van der Waals surface area contributed by atoms with Crippen LogP contribution < -0.4 is 4.67 Å². The number of anilines is 1. The molecule has 1 aromatic rings. The molecule has 6 heteroatoms. The highest BCUT2D eigenvalue weighted by Gasteiger charge is 2.33. The molecule has 0 heterocycles. The highest BCUT2D eigenvalue weighted by Crippen LogP contribution is 2.64. The van der Waals surface area contributed by atoms with Crippen molar-refractivity contribution in [3.05, 3.63) is 30.3 Å². The van der Waals surface area contributed by atoms with Gasteiger partial charge in [0.1, 0.15) is 0 Å². The van der Waals surface area contributed by atoms with Crippen molar-refractivity contribution in [3.8, 4) is 0 Å². The van der Waals surface area contributed by atoms with Crippen molar-refractivity contribution < 1.29 is 9.09 Å². The largest absolute Gasteiger partial charge is 0.358 e. The molecule has 0 aliphatic rings. The second-order valence-electron chi connectivity index (χ2n) is 4.00. The summed E-state index contributed by atoms with van der Waals surface area (Å²) in [6, 6.07) is 9.46. The molecular formula is C13H20NO2PS2. The fraction of sp³-hybridized carbons (Fsp3) is 0.462. The maximum absolute atomic E-state index is 13.1. The minimum atomic E-state index is -3.03. The Bertz CT molecular complexity index is 442. The van der Waals surface area contributed by atoms with E-state index >= 15 is 0 Å². The van der Waals surface area contributed by atoms with Crippen molar-refractivity contribution in [1.82, 2.24) is 0 Å². The molecule has 19 heavy (non-hydrogen) atoms. The molecule has 106 valence electrons. The molecule has 0 N–H and O–H groups in total. The van der Waals surface area contributed by atoms with E-state index in [9.17, 15) is 4.57 Å². The molecule has 2 atom stereocenters. The number of hydrogen-bond donors (Lipinski definition) is 0. The molecule has 3 nitrogen and oxygen atoms in total. The Morgan fingerprint density at radius 1 is 1.42 bits per heavy atom. The molecule has 0 saturated heterocycles. The zero-order valence-electron chi connectivity index (χ0n) is 11.5. The lowest BCUT2D eigenvalue weighted by Crippen LogP contribution is -2.18. The summed E-state index contributed by atoms with van der Waals surface area (Å²) in [5, 5.41) is 0.249. The third-order valence-electron chi connectivity index (χ3n) is 2.56. The van der Waals surface area contributed by atoms with Crippen LogP contribution in [0.3, 0.4) is 0 Å². The molecular weight excluding hydrogens is 297 g/mol. The molecule has 0 spiro atoms. The van der Waals surface area contributed by atoms with Gasteiger partial charge in [-0.1, -0.05) is 44.3 Å². The molecule has 1 rings (SSSR count). The van der Waals surface area contributed by atoms with Crippen LogP contribution in [0.2, 0.25) is 0 Å². The number of nitrogens with zero attached hydrogens (tertiary/aromatic N) is 1. The summed E-state index contributed by atoms with van der Waals surface area (Å²) < 4.78 is 20.2. The quantitative estimate of drug-likeness (QED) is 0.490. The number of rotatable bonds is 8. The van der Waals surface area contributed by atoms with Crippen molar-refractivity contribution in [2.75, 3.05) is 11.3 Å². The predicted molar refractivity (Wildman–Crippen MR) is 89.2 cm³/mol. The lowest BCUT2D eigenvalue weighted by Gasteiger charge is -2.29. The second-order valence-corrected chi connectivity index (χ2v) is 8.87. The van der Waals surface area contributed by atoms with Crippen LogP contribution >= 0.6 is 30.3 Å². The minimum absolute atomic E-state index is 0.249. The summed E-state index contributed by atoms with van der Waals surface area (Å²) >= 11 is 6.40. The third-order valence-corrected chi connectivity index (χ3v) is 8.07. The maximum atomic E-state index is 13.1. The summed E-state index contributed by atoms with van der Waals surface area (Å²) in [4.78, 5) is 0. The summed E-state index contributed by atoms with van der Waals surface area (Å²) in [5.41, 5.74) is 2.21. The molecule has 0 saturated carbocycles. The van der Waals surface area contributed by atoms with Gasteiger partial charge in [0.25, 0.3) is 0 Å². The van der Waals surface area contributed by atoms with Gasteiger partial charge >= 0.3 is 6.72 Å². The van der Waals surface area contributed by atoms with E-state index in [1.165, 1.54) is 16.9 Å². The fourth-order valence-corrected chi connectivity index (χ4v) is 6.91. The Morgan fingerprint density at radius 2 is 2.05 bits per heavy atom. The zero-order valence-corrected chi connectivity index (χ0v) is 14.0. The van der Waals surface area contributed by atoms with Crippen molar-refractivity contribution >= 4 is 41.5 Å². The summed E-state index contributed by atoms with van der Waals surface area (Å²) in [7, 11) is 0. The van der Waals surface area contributed by atoms with E-state index in [1.807, 2.05) is 44.2 Å². The van der Waals surface area contributed by atoms with E-state index in [-0.39, 0.29) is 5.25 Å². The number of hydrogen-bond acceptors (Lipinski definition) is 4. The molecule has 0 aliphatic carbocycles. The Kier molecular flexibility index (Phi) is 7.08. The van der Waals surface area contributed by atoms with Crippen LogP contribution in [-0.2, 0) is 9.09 Å². The van der Waals surface area contributed by atoms with E-state index in [0.717, 1.165) is 12.1 Å². The van der Waals surface area contributed by atoms with Crippen LogP contribution in [-0.4, -0.2) is 17.3 Å². The first-order valence-electron chi connectivity index (χ1n) is 6.30. The topological polar surface area (TPSA) is 29.5 Å². The van der Waals surface area contributed by atoms with Gasteiger partial charge in [-0.15, -0.1) is 0 Å². The average molecular weight is 317 g/mol. The molecule has 0 fully saturated rings. The van der Waals surface area contributed by atoms with Crippen LogP contribution in [0.15, 0.2) is 30.3 Å². The molecule has 1 aromatic carbocycles. The summed E-state index contributed by atoms with van der Waals surface area (Å²) in [6.45, 7) is 3.32. The van der Waals surface area contributed by atoms with Crippen molar-refractivity contribution in [1.29, 1.82) is 0 Å². The van der Waals surface area contributed by atoms with E-state index in [0.29, 0.717) is 6.61 Å². The fourth-order valence-electron chi connectivity index (χ4n) is 1.45. The Hall–Kier alpha value is -0.350. The van der Waals surface area contributed by atoms with E-state index < -0.39 is 6.72 Å². The zero-order chi connectivity index (χ0) is 14.3. The van der Waals surface area contributed by atoms with Gasteiger partial charge in [-0.3, -0.25) is 9.24 Å². The Morgan fingerprint density at radius 3 is 2.53 bits per heavy atom. The first-order valence-corrected chi connectivity index (χ1v) is 9.83. The second kappa shape index (κ2) is 8.05. The van der Waals surface area contributed by atoms with E-state index in [2.05, 4.69) is 6.92 Å². The van der Waals surface area contributed by atoms with Gasteiger partial charge in [0, 0.05) is 5.25 Å². The summed E-state index contributed by atoms with van der Waals surface area (Å²) in [6.07, 6.45) is 0.932. The first kappa shape index (κ1) is 16.7. The highest BCUT2D eigenvalue weighted by atomic mass is 32.7. The van der Waals surface area contributed by atoms with Gasteiger partial charge in [-0.2, -0.15) is 0 Å². The van der Waals surface area contributed by atoms with E-state index in [4.69, 9.17) is 16.7 Å². The number of para-hydroxylation sites is 1. The van der Waals surface area contributed by atoms with Crippen LogP contribution in [0.25, 0.3) is 0 Å². The molecule has 0 aromatic heterocycles. The molecule has 0 radical (unpaired) electrons. The van der Waals surface area contributed by atoms with Crippen LogP contribution in [0, 0.1) is 0 Å². The first-order chi connectivity index (χ1) is 9.07. The standard InChI is InChI=1S/C13H20NO2PS2/c1-4-12(3)19-17(15,16-5-2)14(11-18)13-9-7-6-8-10-13/h6-12H,4-5H2,1-3H3. The molecule has 2 unspecified atom stereocenters.